The smallest absolute Gasteiger partial charge is 0.307 e. The lowest BCUT2D eigenvalue weighted by atomic mass is 10.0. The number of para-hydroxylation sites is 1. The Hall–Kier alpha value is -3.00. The van der Waals surface area contributed by atoms with Gasteiger partial charge in [0.2, 0.25) is 5.91 Å². The van der Waals surface area contributed by atoms with Crippen molar-refractivity contribution in [3.8, 4) is 0 Å². The number of rotatable bonds is 6. The predicted octanol–water partition coefficient (Wildman–Crippen LogP) is 2.89. The fraction of sp³-hybridized carbons (Fsp3) is 0.238. The maximum absolute atomic E-state index is 12.7. The molecule has 7 nitrogen and oxygen atoms in total. The van der Waals surface area contributed by atoms with Crippen LogP contribution in [0, 0.1) is 6.92 Å². The molecule has 0 bridgehead atoms. The Kier molecular flexibility index (Phi) is 6.43. The zero-order valence-electron chi connectivity index (χ0n) is 16.0. The van der Waals surface area contributed by atoms with E-state index in [-0.39, 0.29) is 18.5 Å². The summed E-state index contributed by atoms with van der Waals surface area (Å²) in [6.45, 7) is 1.67. The Balaban J connectivity index is 1.83. The second-order valence-electron chi connectivity index (χ2n) is 6.60. The number of fused-ring (bicyclic) bond motifs is 1. The van der Waals surface area contributed by atoms with Gasteiger partial charge in [0.05, 0.1) is 36.8 Å². The monoisotopic (exact) mass is 457 g/mol. The first-order chi connectivity index (χ1) is 13.9. The average molecular weight is 458 g/mol. The van der Waals surface area contributed by atoms with E-state index >= 15 is 0 Å². The van der Waals surface area contributed by atoms with Gasteiger partial charge in [-0.05, 0) is 36.2 Å². The first kappa shape index (κ1) is 20.7. The Labute approximate surface area is 175 Å². The molecule has 150 valence electrons. The van der Waals surface area contributed by atoms with Crippen LogP contribution in [0.4, 0.5) is 0 Å². The zero-order valence-corrected chi connectivity index (χ0v) is 17.6. The number of hydrogen-bond donors (Lipinski definition) is 1. The number of aromatic nitrogens is 2. The van der Waals surface area contributed by atoms with E-state index in [1.54, 1.807) is 12.1 Å². The van der Waals surface area contributed by atoms with E-state index in [9.17, 15) is 14.4 Å². The maximum atomic E-state index is 12.7. The minimum atomic E-state index is -0.584. The van der Waals surface area contributed by atoms with E-state index in [4.69, 9.17) is 4.74 Å². The van der Waals surface area contributed by atoms with E-state index in [0.29, 0.717) is 10.9 Å². The molecule has 1 aromatic heterocycles. The second kappa shape index (κ2) is 9.00. The number of esters is 1. The third kappa shape index (κ3) is 4.89. The van der Waals surface area contributed by atoms with Gasteiger partial charge in [0, 0.05) is 4.47 Å². The molecule has 1 N–H and O–H groups in total. The van der Waals surface area contributed by atoms with Crippen molar-refractivity contribution >= 4 is 38.7 Å². The Morgan fingerprint density at radius 1 is 1.24 bits per heavy atom. The molecule has 29 heavy (non-hydrogen) atoms. The number of benzene rings is 2. The van der Waals surface area contributed by atoms with Crippen LogP contribution in [0.25, 0.3) is 10.9 Å². The molecular weight excluding hydrogens is 438 g/mol. The number of hydrogen-bond acceptors (Lipinski definition) is 5. The summed E-state index contributed by atoms with van der Waals surface area (Å²) in [7, 11) is 1.30. The van der Waals surface area contributed by atoms with Crippen LogP contribution in [0.1, 0.15) is 23.6 Å². The fourth-order valence-corrected chi connectivity index (χ4v) is 3.49. The summed E-state index contributed by atoms with van der Waals surface area (Å²) >= 11 is 3.39. The van der Waals surface area contributed by atoms with E-state index in [1.165, 1.54) is 18.0 Å². The lowest BCUT2D eigenvalue weighted by Crippen LogP contribution is -2.35. The Morgan fingerprint density at radius 2 is 2.00 bits per heavy atom. The normalized spacial score (nSPS) is 11.8. The van der Waals surface area contributed by atoms with Gasteiger partial charge in [-0.15, -0.1) is 0 Å². The molecule has 0 radical (unpaired) electrons. The number of amides is 1. The van der Waals surface area contributed by atoms with Crippen molar-refractivity contribution in [3.63, 3.8) is 0 Å². The Bertz CT molecular complexity index is 1130. The number of nitrogens with one attached hydrogen (secondary N) is 1. The first-order valence-corrected chi connectivity index (χ1v) is 9.74. The van der Waals surface area contributed by atoms with Gasteiger partial charge in [-0.2, -0.15) is 0 Å². The van der Waals surface area contributed by atoms with Crippen LogP contribution in [-0.4, -0.2) is 28.5 Å². The van der Waals surface area contributed by atoms with Crippen LogP contribution < -0.4 is 10.9 Å². The molecular formula is C21H20BrN3O4. The van der Waals surface area contributed by atoms with E-state index in [1.807, 2.05) is 37.3 Å². The average Bonchev–Trinajstić information content (AvgIpc) is 2.70. The van der Waals surface area contributed by atoms with Crippen molar-refractivity contribution < 1.29 is 14.3 Å². The summed E-state index contributed by atoms with van der Waals surface area (Å²) in [6, 6.07) is 12.1. The van der Waals surface area contributed by atoms with Gasteiger partial charge in [0.15, 0.2) is 0 Å². The minimum absolute atomic E-state index is 0.0250. The standard InChI is InChI=1S/C21H20BrN3O4/c1-13-5-3-8-16-20(13)23-12-25(21(16)28)11-18(26)24-17(10-19(27)29-2)14-6-4-7-15(22)9-14/h3-9,12,17H,10-11H2,1-2H3,(H,24,26). The molecule has 0 fully saturated rings. The molecule has 2 aromatic carbocycles. The second-order valence-corrected chi connectivity index (χ2v) is 7.52. The molecule has 0 spiro atoms. The molecule has 8 heteroatoms. The molecule has 1 amide bonds. The van der Waals surface area contributed by atoms with Crippen LogP contribution in [0.2, 0.25) is 0 Å². The summed E-state index contributed by atoms with van der Waals surface area (Å²) in [4.78, 5) is 41.5. The number of halogens is 1. The highest BCUT2D eigenvalue weighted by atomic mass is 79.9. The molecule has 0 aliphatic rings. The van der Waals surface area contributed by atoms with Gasteiger partial charge in [0.25, 0.3) is 5.56 Å². The molecule has 0 saturated carbocycles. The highest BCUT2D eigenvalue weighted by Crippen LogP contribution is 2.21. The zero-order chi connectivity index (χ0) is 21.0. The van der Waals surface area contributed by atoms with Crippen LogP contribution in [0.3, 0.4) is 0 Å². The van der Waals surface area contributed by atoms with E-state index < -0.39 is 17.9 Å². The van der Waals surface area contributed by atoms with Gasteiger partial charge in [0.1, 0.15) is 6.54 Å². The number of nitrogens with zero attached hydrogens (tertiary/aromatic N) is 2. The largest absolute Gasteiger partial charge is 0.469 e. The summed E-state index contributed by atoms with van der Waals surface area (Å²) in [5, 5.41) is 3.27. The minimum Gasteiger partial charge on any atom is -0.469 e. The van der Waals surface area contributed by atoms with E-state index in [0.717, 1.165) is 15.6 Å². The summed E-state index contributed by atoms with van der Waals surface area (Å²) < 4.78 is 6.82. The molecule has 3 rings (SSSR count). The number of methoxy groups -OCH3 is 1. The molecule has 3 aromatic rings. The third-order valence-corrected chi connectivity index (χ3v) is 5.05. The number of carbonyl (C=O) groups is 2. The van der Waals surface area contributed by atoms with Crippen molar-refractivity contribution in [3.05, 3.63) is 74.7 Å². The fourth-order valence-electron chi connectivity index (χ4n) is 3.07. The topological polar surface area (TPSA) is 90.3 Å². The predicted molar refractivity (Wildman–Crippen MR) is 112 cm³/mol. The number of aryl methyl sites for hydroxylation is 1. The highest BCUT2D eigenvalue weighted by molar-refractivity contribution is 9.10. The molecule has 1 atom stereocenters. The van der Waals surface area contributed by atoms with Gasteiger partial charge in [-0.25, -0.2) is 4.98 Å². The molecule has 0 aliphatic heterocycles. The van der Waals surface area contributed by atoms with Gasteiger partial charge in [-0.1, -0.05) is 40.2 Å². The van der Waals surface area contributed by atoms with Crippen LogP contribution in [-0.2, 0) is 20.9 Å². The maximum Gasteiger partial charge on any atom is 0.307 e. The van der Waals surface area contributed by atoms with Crippen LogP contribution in [0.5, 0.6) is 0 Å². The first-order valence-electron chi connectivity index (χ1n) is 8.95. The van der Waals surface area contributed by atoms with Gasteiger partial charge in [-0.3, -0.25) is 19.0 Å². The molecule has 1 heterocycles. The third-order valence-electron chi connectivity index (χ3n) is 4.55. The highest BCUT2D eigenvalue weighted by Gasteiger charge is 2.20. The van der Waals surface area contributed by atoms with Crippen LogP contribution in [0.15, 0.2) is 58.1 Å². The molecule has 0 aliphatic carbocycles. The Morgan fingerprint density at radius 3 is 2.72 bits per heavy atom. The summed E-state index contributed by atoms with van der Waals surface area (Å²) in [5.41, 5.74) is 1.97. The molecule has 0 saturated heterocycles. The molecule has 1 unspecified atom stereocenters. The number of carbonyl (C=O) groups excluding carboxylic acids is 2. The van der Waals surface area contributed by atoms with Crippen molar-refractivity contribution in [2.24, 2.45) is 0 Å². The van der Waals surface area contributed by atoms with Gasteiger partial charge < -0.3 is 10.1 Å². The van der Waals surface area contributed by atoms with Crippen molar-refractivity contribution in [2.45, 2.75) is 25.9 Å². The van der Waals surface area contributed by atoms with Crippen LogP contribution >= 0.6 is 15.9 Å². The summed E-state index contributed by atoms with van der Waals surface area (Å²) in [5.74, 6) is -0.856. The van der Waals surface area contributed by atoms with Crippen molar-refractivity contribution in [2.75, 3.05) is 7.11 Å². The SMILES string of the molecule is COC(=O)CC(NC(=O)Cn1cnc2c(C)cccc2c1=O)c1cccc(Br)c1. The lowest BCUT2D eigenvalue weighted by Gasteiger charge is -2.19. The summed E-state index contributed by atoms with van der Waals surface area (Å²) in [6.07, 6.45) is 1.34. The van der Waals surface area contributed by atoms with E-state index in [2.05, 4.69) is 26.2 Å². The lowest BCUT2D eigenvalue weighted by molar-refractivity contribution is -0.141. The number of ether oxygens (including phenoxy) is 1. The van der Waals surface area contributed by atoms with Crippen molar-refractivity contribution in [1.29, 1.82) is 0 Å². The van der Waals surface area contributed by atoms with Gasteiger partial charge >= 0.3 is 5.97 Å². The van der Waals surface area contributed by atoms with Crippen molar-refractivity contribution in [1.82, 2.24) is 14.9 Å². The quantitative estimate of drug-likeness (QED) is 0.574.